The van der Waals surface area contributed by atoms with Crippen LogP contribution in [0.4, 0.5) is 16.3 Å². The number of nitrogens with zero attached hydrogens (tertiary/aromatic N) is 6. The summed E-state index contributed by atoms with van der Waals surface area (Å²) in [5.74, 6) is 5.35. The van der Waals surface area contributed by atoms with E-state index in [9.17, 15) is 4.79 Å². The molecule has 0 unspecified atom stereocenters. The molecular formula is C40H40N8O3. The maximum Gasteiger partial charge on any atom is 0.324 e. The molecule has 2 amide bonds. The second-order valence-corrected chi connectivity index (χ2v) is 12.9. The average Bonchev–Trinajstić information content (AvgIpc) is 3.54. The predicted molar refractivity (Wildman–Crippen MR) is 200 cm³/mol. The molecular weight excluding hydrogens is 640 g/mol. The summed E-state index contributed by atoms with van der Waals surface area (Å²) in [7, 11) is 3.99. The van der Waals surface area contributed by atoms with Crippen molar-refractivity contribution in [3.63, 3.8) is 0 Å². The smallest absolute Gasteiger partial charge is 0.324 e. The summed E-state index contributed by atoms with van der Waals surface area (Å²) in [6, 6.07) is 27.9. The molecule has 0 radical (unpaired) electrons. The molecule has 0 spiro atoms. The van der Waals surface area contributed by atoms with Crippen molar-refractivity contribution in [3.8, 4) is 35.5 Å². The molecule has 2 N–H and O–H groups in total. The first-order valence-corrected chi connectivity index (χ1v) is 16.6. The number of rotatable bonds is 12. The topological polar surface area (TPSA) is 119 Å². The van der Waals surface area contributed by atoms with Crippen LogP contribution in [0.3, 0.4) is 0 Å². The fourth-order valence-electron chi connectivity index (χ4n) is 5.24. The Hall–Kier alpha value is -6.25. The Morgan fingerprint density at radius 3 is 2.47 bits per heavy atom. The number of hydrogen-bond donors (Lipinski definition) is 2. The van der Waals surface area contributed by atoms with Crippen molar-refractivity contribution in [2.75, 3.05) is 37.9 Å². The molecule has 3 heterocycles. The number of carbonyl (C=O) groups is 1. The Morgan fingerprint density at radius 1 is 0.922 bits per heavy atom. The molecule has 6 aromatic rings. The number of nitrogens with one attached hydrogen (secondary N) is 2. The minimum absolute atomic E-state index is 0.386. The monoisotopic (exact) mass is 680 g/mol. The highest BCUT2D eigenvalue weighted by Gasteiger charge is 2.24. The molecule has 0 saturated heterocycles. The number of benzene rings is 3. The number of urea groups is 1. The van der Waals surface area contributed by atoms with E-state index >= 15 is 0 Å². The SMILES string of the molecule is C#CC(C)(C)c1cc(NC(=O)Nc2ccc(Oc3ccnc(Cc4cccc(OCCN(C)C)n4)n3)c3ccccc23)n(-c2ccc(C)cc2)n1. The number of aromatic nitrogens is 5. The van der Waals surface area contributed by atoms with E-state index in [0.717, 1.165) is 34.3 Å². The van der Waals surface area contributed by atoms with Gasteiger partial charge in [-0.25, -0.2) is 19.4 Å². The molecule has 0 aliphatic carbocycles. The van der Waals surface area contributed by atoms with Crippen LogP contribution in [-0.4, -0.2) is 62.9 Å². The maximum absolute atomic E-state index is 13.5. The number of aryl methyl sites for hydroxylation is 1. The lowest BCUT2D eigenvalue weighted by Crippen LogP contribution is -2.21. The summed E-state index contributed by atoms with van der Waals surface area (Å²) < 4.78 is 13.8. The number of amides is 2. The molecule has 51 heavy (non-hydrogen) atoms. The van der Waals surface area contributed by atoms with E-state index in [2.05, 4.69) is 36.4 Å². The highest BCUT2D eigenvalue weighted by molar-refractivity contribution is 6.07. The highest BCUT2D eigenvalue weighted by Crippen LogP contribution is 2.34. The summed E-state index contributed by atoms with van der Waals surface area (Å²) in [5.41, 5.74) is 3.32. The fraction of sp³-hybridized carbons (Fsp3) is 0.225. The van der Waals surface area contributed by atoms with Gasteiger partial charge in [0, 0.05) is 41.7 Å². The van der Waals surface area contributed by atoms with Crippen molar-refractivity contribution in [3.05, 3.63) is 120 Å². The number of fused-ring (bicyclic) bond motifs is 1. The molecule has 11 heteroatoms. The lowest BCUT2D eigenvalue weighted by atomic mass is 9.91. The number of pyridine rings is 1. The Labute approximate surface area is 297 Å². The Bertz CT molecular complexity index is 2200. The Morgan fingerprint density at radius 2 is 1.71 bits per heavy atom. The van der Waals surface area contributed by atoms with Gasteiger partial charge in [-0.1, -0.05) is 53.9 Å². The second-order valence-electron chi connectivity index (χ2n) is 12.9. The molecule has 3 aromatic heterocycles. The van der Waals surface area contributed by atoms with Crippen molar-refractivity contribution in [2.24, 2.45) is 0 Å². The van der Waals surface area contributed by atoms with Crippen LogP contribution in [0.5, 0.6) is 17.5 Å². The van der Waals surface area contributed by atoms with E-state index in [1.807, 2.05) is 102 Å². The molecule has 0 fully saturated rings. The molecule has 0 aliphatic heterocycles. The average molecular weight is 681 g/mol. The lowest BCUT2D eigenvalue weighted by Gasteiger charge is -2.14. The summed E-state index contributed by atoms with van der Waals surface area (Å²) in [6.45, 7) is 7.18. The van der Waals surface area contributed by atoms with Gasteiger partial charge in [0.05, 0.1) is 34.6 Å². The Kier molecular flexibility index (Phi) is 10.3. The van der Waals surface area contributed by atoms with Crippen LogP contribution in [-0.2, 0) is 11.8 Å². The van der Waals surface area contributed by atoms with Gasteiger partial charge in [-0.3, -0.25) is 5.32 Å². The quantitative estimate of drug-likeness (QED) is 0.128. The third-order valence-corrected chi connectivity index (χ3v) is 8.17. The summed E-state index contributed by atoms with van der Waals surface area (Å²) in [5, 5.41) is 12.3. The first kappa shape index (κ1) is 34.6. The fourth-order valence-corrected chi connectivity index (χ4v) is 5.24. The first-order chi connectivity index (χ1) is 24.6. The molecule has 0 aliphatic rings. The van der Waals surface area contributed by atoms with Crippen molar-refractivity contribution < 1.29 is 14.3 Å². The van der Waals surface area contributed by atoms with Gasteiger partial charge in [0.15, 0.2) is 0 Å². The van der Waals surface area contributed by atoms with Crippen LogP contribution in [0.25, 0.3) is 16.5 Å². The van der Waals surface area contributed by atoms with Gasteiger partial charge >= 0.3 is 6.03 Å². The zero-order valence-electron chi connectivity index (χ0n) is 29.3. The van der Waals surface area contributed by atoms with Crippen LogP contribution in [0.15, 0.2) is 97.2 Å². The lowest BCUT2D eigenvalue weighted by molar-refractivity contribution is 0.253. The van der Waals surface area contributed by atoms with Crippen molar-refractivity contribution in [1.29, 1.82) is 0 Å². The summed E-state index contributed by atoms with van der Waals surface area (Å²) in [6.07, 6.45) is 7.88. The number of terminal acetylenes is 1. The predicted octanol–water partition coefficient (Wildman–Crippen LogP) is 7.40. The van der Waals surface area contributed by atoms with Gasteiger partial charge in [0.1, 0.15) is 24.0 Å². The van der Waals surface area contributed by atoms with Crippen molar-refractivity contribution in [2.45, 2.75) is 32.6 Å². The van der Waals surface area contributed by atoms with Crippen LogP contribution >= 0.6 is 0 Å². The molecule has 3 aromatic carbocycles. The Balaban J connectivity index is 1.19. The second kappa shape index (κ2) is 15.1. The van der Waals surface area contributed by atoms with E-state index in [-0.39, 0.29) is 0 Å². The maximum atomic E-state index is 13.5. The van der Waals surface area contributed by atoms with Gasteiger partial charge < -0.3 is 19.7 Å². The van der Waals surface area contributed by atoms with Gasteiger partial charge in [-0.15, -0.1) is 6.42 Å². The minimum atomic E-state index is -0.637. The molecule has 0 atom stereocenters. The molecule has 11 nitrogen and oxygen atoms in total. The third-order valence-electron chi connectivity index (χ3n) is 8.17. The normalized spacial score (nSPS) is 11.3. The number of ether oxygens (including phenoxy) is 2. The van der Waals surface area contributed by atoms with Crippen LogP contribution in [0.2, 0.25) is 0 Å². The highest BCUT2D eigenvalue weighted by atomic mass is 16.5. The first-order valence-electron chi connectivity index (χ1n) is 16.6. The van der Waals surface area contributed by atoms with Gasteiger partial charge in [-0.2, -0.15) is 10.1 Å². The molecule has 0 bridgehead atoms. The standard InChI is InChI=1S/C40H40N8O3/c1-7-40(3,4)34-26-36(48(46-34)29-17-15-27(2)16-18-29)45-39(49)43-32-19-20-33(31-13-9-8-12-30(31)32)51-38-21-22-41-35(44-38)25-28-11-10-14-37(42-28)50-24-23-47(5)6/h1,8-22,26H,23-25H2,2-6H3,(H2,43,45,49). The van der Waals surface area contributed by atoms with E-state index in [1.54, 1.807) is 35.1 Å². The summed E-state index contributed by atoms with van der Waals surface area (Å²) in [4.78, 5) is 29.2. The largest absolute Gasteiger partial charge is 0.476 e. The van der Waals surface area contributed by atoms with Crippen LogP contribution in [0, 0.1) is 19.3 Å². The minimum Gasteiger partial charge on any atom is -0.476 e. The molecule has 6 rings (SSSR count). The third kappa shape index (κ3) is 8.49. The van der Waals surface area contributed by atoms with Crippen molar-refractivity contribution in [1.82, 2.24) is 29.6 Å². The van der Waals surface area contributed by atoms with E-state index < -0.39 is 11.4 Å². The number of carbonyl (C=O) groups excluding carboxylic acids is 1. The van der Waals surface area contributed by atoms with Crippen molar-refractivity contribution >= 4 is 28.3 Å². The van der Waals surface area contributed by atoms with Gasteiger partial charge in [0.2, 0.25) is 11.8 Å². The van der Waals surface area contributed by atoms with Gasteiger partial charge in [-0.05, 0) is 65.2 Å². The number of anilines is 2. The molecule has 258 valence electrons. The van der Waals surface area contributed by atoms with E-state index in [4.69, 9.17) is 21.0 Å². The summed E-state index contributed by atoms with van der Waals surface area (Å²) >= 11 is 0. The zero-order valence-corrected chi connectivity index (χ0v) is 29.3. The number of likely N-dealkylation sites (N-methyl/N-ethyl adjacent to an activating group) is 1. The van der Waals surface area contributed by atoms with Gasteiger partial charge in [0.25, 0.3) is 0 Å². The van der Waals surface area contributed by atoms with Crippen LogP contribution < -0.4 is 20.1 Å². The van der Waals surface area contributed by atoms with E-state index in [1.165, 1.54) is 0 Å². The molecule has 0 saturated carbocycles. The number of hydrogen-bond acceptors (Lipinski definition) is 8. The van der Waals surface area contributed by atoms with E-state index in [0.29, 0.717) is 53.6 Å². The zero-order chi connectivity index (χ0) is 36.0. The van der Waals surface area contributed by atoms with Crippen LogP contribution in [0.1, 0.15) is 36.6 Å².